The van der Waals surface area contributed by atoms with Gasteiger partial charge in [0.1, 0.15) is 0 Å². The van der Waals surface area contributed by atoms with Crippen LogP contribution in [-0.4, -0.2) is 48.9 Å². The van der Waals surface area contributed by atoms with Crippen LogP contribution in [0.3, 0.4) is 0 Å². The van der Waals surface area contributed by atoms with Gasteiger partial charge in [0.2, 0.25) is 6.29 Å². The van der Waals surface area contributed by atoms with E-state index in [1.165, 1.54) is 11.1 Å². The topological polar surface area (TPSA) is 49.4 Å². The lowest BCUT2D eigenvalue weighted by Gasteiger charge is -2.40. The van der Waals surface area contributed by atoms with Crippen molar-refractivity contribution in [3.05, 3.63) is 34.9 Å². The molecule has 4 nitrogen and oxygen atoms in total. The summed E-state index contributed by atoms with van der Waals surface area (Å²) in [7, 11) is 0. The third kappa shape index (κ3) is 3.85. The van der Waals surface area contributed by atoms with Crippen molar-refractivity contribution in [3.63, 3.8) is 0 Å². The lowest BCUT2D eigenvalue weighted by Crippen LogP contribution is -2.56. The molecule has 1 aromatic carbocycles. The van der Waals surface area contributed by atoms with Gasteiger partial charge in [-0.3, -0.25) is 9.59 Å². The average molecular weight is 314 g/mol. The largest absolute Gasteiger partial charge is 0.446 e. The Labute approximate surface area is 126 Å². The van der Waals surface area contributed by atoms with E-state index in [2.05, 4.69) is 17.4 Å². The number of piperazine rings is 1. The summed E-state index contributed by atoms with van der Waals surface area (Å²) in [6, 6.07) is 6.58. The van der Waals surface area contributed by atoms with Gasteiger partial charge in [-0.15, -0.1) is 0 Å². The molecule has 0 aromatic heterocycles. The van der Waals surface area contributed by atoms with Crippen LogP contribution in [0.15, 0.2) is 18.2 Å². The smallest absolute Gasteiger partial charge is 0.333 e. The van der Waals surface area contributed by atoms with E-state index in [0.717, 1.165) is 31.6 Å². The molecule has 0 spiro atoms. The number of carbonyl (C=O) groups is 2. The highest BCUT2D eigenvalue weighted by Gasteiger charge is 2.33. The van der Waals surface area contributed by atoms with Crippen molar-refractivity contribution in [2.24, 2.45) is 0 Å². The SMILES string of the molecule is Cc1ccc2c(c1)C(=O)N1CCNC[C@H]1C2.O=CC(F)(F)F. The molecule has 0 saturated carbocycles. The van der Waals surface area contributed by atoms with Crippen LogP contribution in [-0.2, 0) is 11.2 Å². The molecule has 1 amide bonds. The van der Waals surface area contributed by atoms with Crippen molar-refractivity contribution < 1.29 is 22.8 Å². The maximum Gasteiger partial charge on any atom is 0.446 e. The zero-order valence-corrected chi connectivity index (χ0v) is 12.1. The normalized spacial score (nSPS) is 20.5. The van der Waals surface area contributed by atoms with Gasteiger partial charge in [-0.05, 0) is 25.0 Å². The third-order valence-electron chi connectivity index (χ3n) is 3.70. The first-order chi connectivity index (χ1) is 10.3. The maximum absolute atomic E-state index is 12.3. The Hall–Kier alpha value is -1.89. The van der Waals surface area contributed by atoms with E-state index in [4.69, 9.17) is 4.79 Å². The molecule has 0 unspecified atom stereocenters. The van der Waals surface area contributed by atoms with Crippen molar-refractivity contribution >= 4 is 12.2 Å². The number of halogens is 3. The summed E-state index contributed by atoms with van der Waals surface area (Å²) < 4.78 is 31.2. The van der Waals surface area contributed by atoms with Crippen LogP contribution in [0.2, 0.25) is 0 Å². The molecule has 1 N–H and O–H groups in total. The molecule has 7 heteroatoms. The lowest BCUT2D eigenvalue weighted by atomic mass is 9.91. The lowest BCUT2D eigenvalue weighted by molar-refractivity contribution is -0.156. The van der Waals surface area contributed by atoms with Crippen LogP contribution in [0.4, 0.5) is 13.2 Å². The predicted octanol–water partition coefficient (Wildman–Crippen LogP) is 1.71. The summed E-state index contributed by atoms with van der Waals surface area (Å²) in [5.74, 6) is 0.219. The fourth-order valence-electron chi connectivity index (χ4n) is 2.69. The van der Waals surface area contributed by atoms with E-state index in [0.29, 0.717) is 6.04 Å². The predicted molar refractivity (Wildman–Crippen MR) is 74.7 cm³/mol. The highest BCUT2D eigenvalue weighted by Crippen LogP contribution is 2.24. The molecule has 0 aliphatic carbocycles. The summed E-state index contributed by atoms with van der Waals surface area (Å²) in [5.41, 5.74) is 3.29. The number of amides is 1. The van der Waals surface area contributed by atoms with E-state index >= 15 is 0 Å². The van der Waals surface area contributed by atoms with E-state index in [1.807, 2.05) is 17.9 Å². The minimum absolute atomic E-state index is 0.219. The fourth-order valence-corrected chi connectivity index (χ4v) is 2.69. The Morgan fingerprint density at radius 2 is 2.05 bits per heavy atom. The number of nitrogens with zero attached hydrogens (tertiary/aromatic N) is 1. The molecular formula is C15H17F3N2O2. The van der Waals surface area contributed by atoms with Crippen LogP contribution >= 0.6 is 0 Å². The van der Waals surface area contributed by atoms with Crippen LogP contribution in [0.25, 0.3) is 0 Å². The van der Waals surface area contributed by atoms with Crippen LogP contribution in [0, 0.1) is 6.92 Å². The fraction of sp³-hybridized carbons (Fsp3) is 0.467. The van der Waals surface area contributed by atoms with E-state index in [9.17, 15) is 18.0 Å². The molecule has 1 fully saturated rings. The minimum atomic E-state index is -4.64. The number of aryl methyl sites for hydroxylation is 1. The second kappa shape index (κ2) is 6.48. The van der Waals surface area contributed by atoms with Gasteiger partial charge in [0.25, 0.3) is 5.91 Å². The highest BCUT2D eigenvalue weighted by molar-refractivity contribution is 5.97. The van der Waals surface area contributed by atoms with E-state index < -0.39 is 12.5 Å². The van der Waals surface area contributed by atoms with Gasteiger partial charge in [-0.1, -0.05) is 17.7 Å². The molecule has 1 saturated heterocycles. The number of fused-ring (bicyclic) bond motifs is 2. The zero-order chi connectivity index (χ0) is 16.3. The van der Waals surface area contributed by atoms with Gasteiger partial charge in [-0.25, -0.2) is 0 Å². The van der Waals surface area contributed by atoms with Crippen molar-refractivity contribution in [3.8, 4) is 0 Å². The Balaban J connectivity index is 0.000000254. The summed E-state index contributed by atoms with van der Waals surface area (Å²) in [4.78, 5) is 23.0. The summed E-state index contributed by atoms with van der Waals surface area (Å²) in [6.45, 7) is 4.73. The van der Waals surface area contributed by atoms with Gasteiger partial charge in [-0.2, -0.15) is 13.2 Å². The van der Waals surface area contributed by atoms with Gasteiger partial charge in [0.15, 0.2) is 0 Å². The Morgan fingerprint density at radius 1 is 1.36 bits per heavy atom. The summed E-state index contributed by atoms with van der Waals surface area (Å²) in [6.07, 6.45) is -4.71. The number of hydrogen-bond donors (Lipinski definition) is 1. The number of nitrogens with one attached hydrogen (secondary N) is 1. The Morgan fingerprint density at radius 3 is 2.68 bits per heavy atom. The van der Waals surface area contributed by atoms with Crippen LogP contribution < -0.4 is 5.32 Å². The third-order valence-corrected chi connectivity index (χ3v) is 3.70. The second-order valence-corrected chi connectivity index (χ2v) is 5.38. The number of benzene rings is 1. The molecule has 2 aliphatic rings. The molecule has 2 aliphatic heterocycles. The first-order valence-electron chi connectivity index (χ1n) is 6.96. The van der Waals surface area contributed by atoms with Crippen molar-refractivity contribution in [1.82, 2.24) is 10.2 Å². The number of alkyl halides is 3. The van der Waals surface area contributed by atoms with E-state index in [-0.39, 0.29) is 5.91 Å². The molecule has 1 atom stereocenters. The van der Waals surface area contributed by atoms with E-state index in [1.54, 1.807) is 0 Å². The highest BCUT2D eigenvalue weighted by atomic mass is 19.4. The van der Waals surface area contributed by atoms with Gasteiger partial charge >= 0.3 is 6.18 Å². The Kier molecular flexibility index (Phi) is 4.85. The molecule has 22 heavy (non-hydrogen) atoms. The number of rotatable bonds is 0. The standard InChI is InChI=1S/C13H16N2O.C2HF3O/c1-9-2-3-10-7-11-8-14-4-5-15(11)13(16)12(10)6-9;3-2(4,5)1-6/h2-3,6,11,14H,4-5,7-8H2,1H3;1H/t11-;/m1./s1. The van der Waals surface area contributed by atoms with Gasteiger partial charge in [0, 0.05) is 31.2 Å². The minimum Gasteiger partial charge on any atom is -0.333 e. The van der Waals surface area contributed by atoms with Gasteiger partial charge in [0.05, 0.1) is 0 Å². The number of aldehydes is 1. The maximum atomic E-state index is 12.3. The number of hydrogen-bond acceptors (Lipinski definition) is 3. The van der Waals surface area contributed by atoms with Crippen molar-refractivity contribution in [2.45, 2.75) is 25.6 Å². The van der Waals surface area contributed by atoms with Gasteiger partial charge < -0.3 is 10.2 Å². The molecular weight excluding hydrogens is 297 g/mol. The van der Waals surface area contributed by atoms with Crippen molar-refractivity contribution in [1.29, 1.82) is 0 Å². The number of carbonyl (C=O) groups excluding carboxylic acids is 2. The summed E-state index contributed by atoms with van der Waals surface area (Å²) in [5, 5.41) is 3.35. The first-order valence-corrected chi connectivity index (χ1v) is 6.96. The Bertz CT molecular complexity index is 572. The first kappa shape index (κ1) is 16.5. The monoisotopic (exact) mass is 314 g/mol. The molecule has 0 radical (unpaired) electrons. The average Bonchev–Trinajstić information content (AvgIpc) is 2.48. The second-order valence-electron chi connectivity index (χ2n) is 5.38. The van der Waals surface area contributed by atoms with Crippen molar-refractivity contribution in [2.75, 3.05) is 19.6 Å². The molecule has 0 bridgehead atoms. The molecule has 1 aromatic rings. The molecule has 2 heterocycles. The zero-order valence-electron chi connectivity index (χ0n) is 12.1. The van der Waals surface area contributed by atoms with Crippen LogP contribution in [0.5, 0.6) is 0 Å². The van der Waals surface area contributed by atoms with Crippen LogP contribution in [0.1, 0.15) is 21.5 Å². The quantitative estimate of drug-likeness (QED) is 0.742. The summed E-state index contributed by atoms with van der Waals surface area (Å²) >= 11 is 0. The molecule has 120 valence electrons. The molecule has 3 rings (SSSR count).